The first kappa shape index (κ1) is 23.0. The Balaban J connectivity index is 1.54. The first-order valence-electron chi connectivity index (χ1n) is 10.00. The molecule has 0 unspecified atom stereocenters. The predicted molar refractivity (Wildman–Crippen MR) is 134 cm³/mol. The zero-order valence-electron chi connectivity index (χ0n) is 17.6. The van der Waals surface area contributed by atoms with Crippen molar-refractivity contribution in [2.75, 3.05) is 5.75 Å². The van der Waals surface area contributed by atoms with Crippen LogP contribution in [0.1, 0.15) is 12.5 Å². The molecule has 0 spiro atoms. The Labute approximate surface area is 205 Å². The number of benzene rings is 3. The van der Waals surface area contributed by atoms with Gasteiger partial charge in [-0.25, -0.2) is 5.43 Å². The van der Waals surface area contributed by atoms with E-state index in [-0.39, 0.29) is 11.7 Å². The van der Waals surface area contributed by atoms with Crippen LogP contribution in [0.15, 0.2) is 89.1 Å². The van der Waals surface area contributed by atoms with Crippen molar-refractivity contribution >= 4 is 46.6 Å². The molecule has 1 aromatic heterocycles. The highest BCUT2D eigenvalue weighted by atomic mass is 35.5. The lowest BCUT2D eigenvalue weighted by Crippen LogP contribution is -2.21. The number of amides is 1. The molecule has 0 fully saturated rings. The minimum atomic E-state index is -0.242. The lowest BCUT2D eigenvalue weighted by atomic mass is 10.1. The van der Waals surface area contributed by atoms with Gasteiger partial charge in [0.2, 0.25) is 0 Å². The van der Waals surface area contributed by atoms with Crippen LogP contribution in [0.4, 0.5) is 0 Å². The van der Waals surface area contributed by atoms with Crippen molar-refractivity contribution in [1.29, 1.82) is 0 Å². The van der Waals surface area contributed by atoms with Crippen molar-refractivity contribution in [2.45, 2.75) is 12.1 Å². The number of carbonyl (C=O) groups is 1. The molecule has 1 amide bonds. The molecule has 33 heavy (non-hydrogen) atoms. The van der Waals surface area contributed by atoms with Gasteiger partial charge in [-0.1, -0.05) is 65.3 Å². The van der Waals surface area contributed by atoms with Gasteiger partial charge in [0.25, 0.3) is 5.91 Å². The van der Waals surface area contributed by atoms with Crippen LogP contribution < -0.4 is 5.43 Å². The summed E-state index contributed by atoms with van der Waals surface area (Å²) >= 11 is 13.4. The van der Waals surface area contributed by atoms with Gasteiger partial charge in [-0.2, -0.15) is 5.10 Å². The summed E-state index contributed by atoms with van der Waals surface area (Å²) in [5.41, 5.74) is 5.95. The van der Waals surface area contributed by atoms with Crippen molar-refractivity contribution < 1.29 is 4.79 Å². The first-order valence-corrected chi connectivity index (χ1v) is 11.7. The Morgan fingerprint density at radius 2 is 1.58 bits per heavy atom. The van der Waals surface area contributed by atoms with Crippen LogP contribution in [0.2, 0.25) is 10.0 Å². The molecule has 0 radical (unpaired) electrons. The van der Waals surface area contributed by atoms with Crippen molar-refractivity contribution in [3.8, 4) is 17.1 Å². The van der Waals surface area contributed by atoms with E-state index in [2.05, 4.69) is 20.7 Å². The van der Waals surface area contributed by atoms with Crippen LogP contribution in [0, 0.1) is 0 Å². The van der Waals surface area contributed by atoms with Crippen LogP contribution >= 0.6 is 35.0 Å². The number of hydrazone groups is 1. The fourth-order valence-electron chi connectivity index (χ4n) is 3.02. The zero-order chi connectivity index (χ0) is 23.2. The molecule has 6 nitrogen and oxygen atoms in total. The maximum atomic E-state index is 12.4. The topological polar surface area (TPSA) is 72.2 Å². The molecule has 4 rings (SSSR count). The van der Waals surface area contributed by atoms with E-state index >= 15 is 0 Å². The molecule has 4 aromatic rings. The summed E-state index contributed by atoms with van der Waals surface area (Å²) < 4.78 is 1.88. The van der Waals surface area contributed by atoms with Gasteiger partial charge in [0.05, 0.1) is 11.5 Å². The first-order chi connectivity index (χ1) is 16.0. The smallest absolute Gasteiger partial charge is 0.250 e. The van der Waals surface area contributed by atoms with E-state index in [0.29, 0.717) is 21.0 Å². The molecule has 0 aliphatic carbocycles. The average molecular weight is 496 g/mol. The Hall–Kier alpha value is -3.13. The molecule has 0 aliphatic rings. The second-order valence-corrected chi connectivity index (χ2v) is 8.83. The molecular weight excluding hydrogens is 477 g/mol. The summed E-state index contributed by atoms with van der Waals surface area (Å²) in [5, 5.41) is 14.7. The lowest BCUT2D eigenvalue weighted by Gasteiger charge is -2.10. The third-order valence-electron chi connectivity index (χ3n) is 4.69. The Bertz CT molecular complexity index is 1270. The lowest BCUT2D eigenvalue weighted by molar-refractivity contribution is -0.118. The maximum absolute atomic E-state index is 12.4. The van der Waals surface area contributed by atoms with Gasteiger partial charge in [-0.3, -0.25) is 9.36 Å². The van der Waals surface area contributed by atoms with Crippen molar-refractivity contribution in [3.63, 3.8) is 0 Å². The molecule has 0 saturated heterocycles. The molecule has 0 saturated carbocycles. The number of rotatable bonds is 7. The van der Waals surface area contributed by atoms with E-state index in [9.17, 15) is 4.79 Å². The van der Waals surface area contributed by atoms with E-state index in [1.165, 1.54) is 11.8 Å². The third kappa shape index (κ3) is 5.82. The minimum absolute atomic E-state index is 0.123. The van der Waals surface area contributed by atoms with Gasteiger partial charge < -0.3 is 0 Å². The SMILES string of the molecule is CC(=NNC(=O)CSc1nnc(-c2ccc(Cl)cc2)n1-c1ccc(Cl)cc1)c1ccccc1. The number of carbonyl (C=O) groups excluding carboxylic acids is 1. The van der Waals surface area contributed by atoms with Crippen LogP contribution in [0.25, 0.3) is 17.1 Å². The molecule has 0 atom stereocenters. The van der Waals surface area contributed by atoms with Gasteiger partial charge >= 0.3 is 0 Å². The van der Waals surface area contributed by atoms with Crippen LogP contribution in [-0.2, 0) is 4.79 Å². The molecule has 0 aliphatic heterocycles. The fraction of sp³-hybridized carbons (Fsp3) is 0.0833. The highest BCUT2D eigenvalue weighted by Crippen LogP contribution is 2.29. The maximum Gasteiger partial charge on any atom is 0.250 e. The summed E-state index contributed by atoms with van der Waals surface area (Å²) in [4.78, 5) is 12.4. The molecule has 9 heteroatoms. The predicted octanol–water partition coefficient (Wildman–Crippen LogP) is 5.87. The van der Waals surface area contributed by atoms with Crippen molar-refractivity contribution in [1.82, 2.24) is 20.2 Å². The van der Waals surface area contributed by atoms with Gasteiger partial charge in [0.1, 0.15) is 0 Å². The van der Waals surface area contributed by atoms with Crippen LogP contribution in [-0.4, -0.2) is 32.1 Å². The van der Waals surface area contributed by atoms with Gasteiger partial charge in [0.15, 0.2) is 11.0 Å². The monoisotopic (exact) mass is 495 g/mol. The normalized spacial score (nSPS) is 11.4. The summed E-state index contributed by atoms with van der Waals surface area (Å²) in [6, 6.07) is 24.3. The quantitative estimate of drug-likeness (QED) is 0.197. The van der Waals surface area contributed by atoms with Crippen molar-refractivity contribution in [2.24, 2.45) is 5.10 Å². The Morgan fingerprint density at radius 3 is 2.24 bits per heavy atom. The van der Waals surface area contributed by atoms with Crippen molar-refractivity contribution in [3.05, 3.63) is 94.5 Å². The molecule has 1 N–H and O–H groups in total. The van der Waals surface area contributed by atoms with Gasteiger partial charge in [-0.15, -0.1) is 10.2 Å². The average Bonchev–Trinajstić information content (AvgIpc) is 3.26. The molecule has 166 valence electrons. The minimum Gasteiger partial charge on any atom is -0.272 e. The van der Waals surface area contributed by atoms with Crippen LogP contribution in [0.3, 0.4) is 0 Å². The summed E-state index contributed by atoms with van der Waals surface area (Å²) in [6.07, 6.45) is 0. The highest BCUT2D eigenvalue weighted by Gasteiger charge is 2.17. The van der Waals surface area contributed by atoms with E-state index in [4.69, 9.17) is 23.2 Å². The summed E-state index contributed by atoms with van der Waals surface area (Å²) in [5.74, 6) is 0.515. The van der Waals surface area contributed by atoms with E-state index in [1.54, 1.807) is 24.3 Å². The third-order valence-corrected chi connectivity index (χ3v) is 6.13. The molecule has 1 heterocycles. The molecule has 0 bridgehead atoms. The van der Waals surface area contributed by atoms with Gasteiger partial charge in [0, 0.05) is 21.3 Å². The standard InChI is InChI=1S/C24H19Cl2N5OS/c1-16(17-5-3-2-4-6-17)27-28-22(32)15-33-24-30-29-23(18-7-9-19(25)10-8-18)31(24)21-13-11-20(26)12-14-21/h2-14H,15H2,1H3,(H,28,32). The number of hydrogen-bond acceptors (Lipinski definition) is 5. The fourth-order valence-corrected chi connectivity index (χ4v) is 4.02. The Kier molecular flexibility index (Phi) is 7.44. The number of nitrogens with one attached hydrogen (secondary N) is 1. The Morgan fingerprint density at radius 1 is 0.939 bits per heavy atom. The molecule has 3 aromatic carbocycles. The van der Waals surface area contributed by atoms with Gasteiger partial charge in [-0.05, 0) is 61.0 Å². The number of nitrogens with zero attached hydrogens (tertiary/aromatic N) is 4. The molecular formula is C24H19Cl2N5OS. The van der Waals surface area contributed by atoms with E-state index < -0.39 is 0 Å². The summed E-state index contributed by atoms with van der Waals surface area (Å²) in [7, 11) is 0. The number of halogens is 2. The largest absolute Gasteiger partial charge is 0.272 e. The second-order valence-electron chi connectivity index (χ2n) is 7.01. The van der Waals surface area contributed by atoms with Crippen LogP contribution in [0.5, 0.6) is 0 Å². The number of thioether (sulfide) groups is 1. The number of hydrogen-bond donors (Lipinski definition) is 1. The highest BCUT2D eigenvalue weighted by molar-refractivity contribution is 7.99. The second kappa shape index (κ2) is 10.7. The zero-order valence-corrected chi connectivity index (χ0v) is 19.9. The van der Waals surface area contributed by atoms with E-state index in [0.717, 1.165) is 22.5 Å². The van der Waals surface area contributed by atoms with E-state index in [1.807, 2.05) is 66.1 Å². The summed E-state index contributed by atoms with van der Waals surface area (Å²) in [6.45, 7) is 1.85. The number of aromatic nitrogens is 3.